The Hall–Kier alpha value is -4.33. The van der Waals surface area contributed by atoms with Crippen LogP contribution in [0, 0.1) is 10.1 Å². The van der Waals surface area contributed by atoms with Gasteiger partial charge in [0.2, 0.25) is 6.10 Å². The Bertz CT molecular complexity index is 1190. The minimum Gasteiger partial charge on any atom is -0.475 e. The van der Waals surface area contributed by atoms with E-state index in [1.54, 1.807) is 48.5 Å². The van der Waals surface area contributed by atoms with Crippen LogP contribution in [0.25, 0.3) is 0 Å². The normalized spacial score (nSPS) is 15.6. The van der Waals surface area contributed by atoms with Gasteiger partial charge in [0, 0.05) is 23.3 Å². The number of hydrogen-bond donors (Lipinski definition) is 0. The standard InChI is InChI=1S/C23H16N2O6/c26-19(16-9-6-10-17(13-16)25(29)30)14-24-22(27)18-11-4-5-12-20(18)31-21(23(24)28)15-7-2-1-3-8-15/h1-13,21H,14H2/t21-/m0/s1. The van der Waals surface area contributed by atoms with Gasteiger partial charge in [-0.05, 0) is 12.1 Å². The third-order valence-electron chi connectivity index (χ3n) is 4.88. The van der Waals surface area contributed by atoms with Gasteiger partial charge in [0.05, 0.1) is 17.0 Å². The number of nitrogens with zero attached hydrogens (tertiary/aromatic N) is 2. The molecule has 1 atom stereocenters. The molecule has 0 N–H and O–H groups in total. The molecule has 3 aromatic rings. The maximum absolute atomic E-state index is 13.3. The number of ether oxygens (including phenoxy) is 1. The molecule has 1 heterocycles. The monoisotopic (exact) mass is 416 g/mol. The van der Waals surface area contributed by atoms with Crippen molar-refractivity contribution in [2.24, 2.45) is 0 Å². The van der Waals surface area contributed by atoms with E-state index in [-0.39, 0.29) is 22.6 Å². The zero-order valence-corrected chi connectivity index (χ0v) is 16.1. The van der Waals surface area contributed by atoms with Gasteiger partial charge in [0.25, 0.3) is 17.5 Å². The summed E-state index contributed by atoms with van der Waals surface area (Å²) in [4.78, 5) is 50.5. The minimum atomic E-state index is -1.12. The second kappa shape index (κ2) is 8.19. The molecular weight excluding hydrogens is 400 g/mol. The maximum Gasteiger partial charge on any atom is 0.275 e. The number of hydrogen-bond acceptors (Lipinski definition) is 6. The quantitative estimate of drug-likeness (QED) is 0.272. The lowest BCUT2D eigenvalue weighted by atomic mass is 10.1. The Balaban J connectivity index is 1.72. The minimum absolute atomic E-state index is 0.0320. The Morgan fingerprint density at radius 2 is 1.68 bits per heavy atom. The average Bonchev–Trinajstić information content (AvgIpc) is 2.90. The second-order valence-corrected chi connectivity index (χ2v) is 6.86. The highest BCUT2D eigenvalue weighted by Gasteiger charge is 2.38. The third-order valence-corrected chi connectivity index (χ3v) is 4.88. The fourth-order valence-corrected chi connectivity index (χ4v) is 3.33. The number of Topliss-reactive ketones (excluding diaryl/α,β-unsaturated/α-hetero) is 1. The van der Waals surface area contributed by atoms with E-state index in [4.69, 9.17) is 4.74 Å². The summed E-state index contributed by atoms with van der Waals surface area (Å²) in [6.45, 7) is -0.570. The van der Waals surface area contributed by atoms with Crippen LogP contribution in [0.15, 0.2) is 78.9 Å². The van der Waals surface area contributed by atoms with Crippen LogP contribution < -0.4 is 4.74 Å². The number of carbonyl (C=O) groups excluding carboxylic acids is 3. The summed E-state index contributed by atoms with van der Waals surface area (Å²) < 4.78 is 5.88. The Morgan fingerprint density at radius 3 is 2.42 bits per heavy atom. The molecule has 8 heteroatoms. The summed E-state index contributed by atoms with van der Waals surface area (Å²) in [5, 5.41) is 11.0. The van der Waals surface area contributed by atoms with Crippen molar-refractivity contribution >= 4 is 23.3 Å². The number of benzene rings is 3. The van der Waals surface area contributed by atoms with Gasteiger partial charge < -0.3 is 4.74 Å². The van der Waals surface area contributed by atoms with Gasteiger partial charge in [-0.15, -0.1) is 0 Å². The Kier molecular flexibility index (Phi) is 5.28. The molecule has 31 heavy (non-hydrogen) atoms. The molecule has 0 unspecified atom stereocenters. The largest absolute Gasteiger partial charge is 0.475 e. The molecule has 0 fully saturated rings. The van der Waals surface area contributed by atoms with E-state index in [1.807, 2.05) is 0 Å². The van der Waals surface area contributed by atoms with Crippen LogP contribution in [-0.4, -0.2) is 34.0 Å². The number of ketones is 1. The van der Waals surface area contributed by atoms with E-state index in [0.29, 0.717) is 5.56 Å². The second-order valence-electron chi connectivity index (χ2n) is 6.86. The lowest BCUT2D eigenvalue weighted by Gasteiger charge is -2.22. The van der Waals surface area contributed by atoms with Gasteiger partial charge >= 0.3 is 0 Å². The number of amides is 2. The average molecular weight is 416 g/mol. The molecule has 1 aliphatic heterocycles. The first-order chi connectivity index (χ1) is 15.0. The summed E-state index contributed by atoms with van der Waals surface area (Å²) in [7, 11) is 0. The van der Waals surface area contributed by atoms with E-state index in [0.717, 1.165) is 11.0 Å². The van der Waals surface area contributed by atoms with Gasteiger partial charge in [-0.1, -0.05) is 54.6 Å². The molecule has 0 bridgehead atoms. The smallest absolute Gasteiger partial charge is 0.275 e. The molecule has 0 aromatic heterocycles. The number of nitro benzene ring substituents is 1. The van der Waals surface area contributed by atoms with Crippen LogP contribution in [0.5, 0.6) is 5.75 Å². The Morgan fingerprint density at radius 1 is 0.968 bits per heavy atom. The fraction of sp³-hybridized carbons (Fsp3) is 0.0870. The van der Waals surface area contributed by atoms with Crippen LogP contribution in [0.2, 0.25) is 0 Å². The van der Waals surface area contributed by atoms with Crippen molar-refractivity contribution in [3.8, 4) is 5.75 Å². The fourth-order valence-electron chi connectivity index (χ4n) is 3.33. The zero-order valence-electron chi connectivity index (χ0n) is 16.1. The van der Waals surface area contributed by atoms with Gasteiger partial charge in [-0.2, -0.15) is 0 Å². The van der Waals surface area contributed by atoms with Crippen LogP contribution in [0.3, 0.4) is 0 Å². The van der Waals surface area contributed by atoms with Crippen LogP contribution in [0.1, 0.15) is 32.4 Å². The summed E-state index contributed by atoms with van der Waals surface area (Å²) >= 11 is 0. The molecule has 1 aliphatic rings. The zero-order chi connectivity index (χ0) is 22.0. The highest BCUT2D eigenvalue weighted by Crippen LogP contribution is 2.32. The maximum atomic E-state index is 13.3. The first-order valence-electron chi connectivity index (χ1n) is 9.39. The Labute approximate surface area is 176 Å². The highest BCUT2D eigenvalue weighted by molar-refractivity contribution is 6.12. The van der Waals surface area contributed by atoms with E-state index >= 15 is 0 Å². The van der Waals surface area contributed by atoms with Gasteiger partial charge in [-0.3, -0.25) is 29.4 Å². The summed E-state index contributed by atoms with van der Waals surface area (Å²) in [5.74, 6) is -1.72. The third kappa shape index (κ3) is 3.91. The van der Waals surface area contributed by atoms with Crippen molar-refractivity contribution in [1.82, 2.24) is 4.90 Å². The molecule has 0 radical (unpaired) electrons. The topological polar surface area (TPSA) is 107 Å². The number of imide groups is 1. The molecule has 8 nitrogen and oxygen atoms in total. The van der Waals surface area contributed by atoms with Gasteiger partial charge in [0.1, 0.15) is 5.75 Å². The molecule has 154 valence electrons. The van der Waals surface area contributed by atoms with E-state index < -0.39 is 35.2 Å². The van der Waals surface area contributed by atoms with Gasteiger partial charge in [0.15, 0.2) is 5.78 Å². The van der Waals surface area contributed by atoms with Crippen molar-refractivity contribution < 1.29 is 24.0 Å². The molecule has 0 saturated carbocycles. The molecule has 0 aliphatic carbocycles. The van der Waals surface area contributed by atoms with Crippen molar-refractivity contribution in [2.45, 2.75) is 6.10 Å². The predicted molar refractivity (Wildman–Crippen MR) is 110 cm³/mol. The van der Waals surface area contributed by atoms with E-state index in [2.05, 4.69) is 0 Å². The molecule has 0 spiro atoms. The van der Waals surface area contributed by atoms with Crippen LogP contribution in [-0.2, 0) is 4.79 Å². The van der Waals surface area contributed by atoms with Crippen molar-refractivity contribution in [3.05, 3.63) is 106 Å². The van der Waals surface area contributed by atoms with Crippen molar-refractivity contribution in [2.75, 3.05) is 6.54 Å². The molecule has 3 aromatic carbocycles. The highest BCUT2D eigenvalue weighted by atomic mass is 16.6. The number of para-hydroxylation sites is 1. The van der Waals surface area contributed by atoms with Crippen LogP contribution >= 0.6 is 0 Å². The van der Waals surface area contributed by atoms with E-state index in [1.165, 1.54) is 24.3 Å². The number of nitro groups is 1. The first kappa shape index (κ1) is 20.0. The molecule has 2 amide bonds. The molecule has 4 rings (SSSR count). The molecular formula is C23H16N2O6. The van der Waals surface area contributed by atoms with E-state index in [9.17, 15) is 24.5 Å². The SMILES string of the molecule is O=C(CN1C(=O)c2ccccc2O[C@@H](c2ccccc2)C1=O)c1cccc([N+](=O)[O-])c1. The molecule has 0 saturated heterocycles. The van der Waals surface area contributed by atoms with Crippen molar-refractivity contribution in [3.63, 3.8) is 0 Å². The summed E-state index contributed by atoms with van der Waals surface area (Å²) in [6, 6.07) is 20.2. The number of fused-ring (bicyclic) bond motifs is 1. The number of non-ortho nitro benzene ring substituents is 1. The van der Waals surface area contributed by atoms with Crippen LogP contribution in [0.4, 0.5) is 5.69 Å². The number of rotatable bonds is 5. The van der Waals surface area contributed by atoms with Crippen molar-refractivity contribution in [1.29, 1.82) is 0 Å². The number of carbonyl (C=O) groups is 3. The summed E-state index contributed by atoms with van der Waals surface area (Å²) in [5.41, 5.74) is 0.464. The summed E-state index contributed by atoms with van der Waals surface area (Å²) in [6.07, 6.45) is -1.12. The van der Waals surface area contributed by atoms with Gasteiger partial charge in [-0.25, -0.2) is 0 Å². The lowest BCUT2D eigenvalue weighted by molar-refractivity contribution is -0.384. The first-order valence-corrected chi connectivity index (χ1v) is 9.39. The lowest BCUT2D eigenvalue weighted by Crippen LogP contribution is -2.42. The predicted octanol–water partition coefficient (Wildman–Crippen LogP) is 3.58.